The highest BCUT2D eigenvalue weighted by Gasteiger charge is 2.51. The Kier molecular flexibility index (Phi) is 13.4. The Morgan fingerprint density at radius 1 is 1.06 bits per heavy atom. The Balaban J connectivity index is 1.56. The number of carbonyl (C=O) groups is 2. The van der Waals surface area contributed by atoms with Gasteiger partial charge in [-0.2, -0.15) is 0 Å². The predicted molar refractivity (Wildman–Crippen MR) is 180 cm³/mol. The van der Waals surface area contributed by atoms with Crippen molar-refractivity contribution in [3.8, 4) is 0 Å². The molecule has 0 aromatic heterocycles. The molecule has 13 heteroatoms. The summed E-state index contributed by atoms with van der Waals surface area (Å²) in [5.41, 5.74) is -2.16. The largest absolute Gasteiger partial charge is 0.447 e. The van der Waals surface area contributed by atoms with E-state index < -0.39 is 41.7 Å². The Bertz CT molecular complexity index is 1070. The SMILES string of the molecule is CO[C@]1(C)C[C@@H](C)CN(C)C(C2CCN(C[C@@H]3COC(=O)N3)CC2)CO[C@@H](O)C(C)(C)C(=O)[C@H](C)[C@H]1O[C@@H]1O[C@H](C)C[C@H](N(C)C)[C@H]1O. The number of ether oxygens (including phenoxy) is 5. The molecule has 0 aliphatic carbocycles. The molecule has 1 amide bonds. The summed E-state index contributed by atoms with van der Waals surface area (Å²) in [4.78, 5) is 32.5. The summed E-state index contributed by atoms with van der Waals surface area (Å²) in [6.45, 7) is 15.4. The molecule has 0 radical (unpaired) electrons. The van der Waals surface area contributed by atoms with Crippen molar-refractivity contribution in [3.05, 3.63) is 0 Å². The highest BCUT2D eigenvalue weighted by atomic mass is 16.7. The van der Waals surface area contributed by atoms with Gasteiger partial charge in [0.1, 0.15) is 18.5 Å². The van der Waals surface area contributed by atoms with E-state index in [0.717, 1.165) is 39.0 Å². The lowest BCUT2D eigenvalue weighted by molar-refractivity contribution is -0.296. The van der Waals surface area contributed by atoms with Gasteiger partial charge in [-0.05, 0) is 99.4 Å². The van der Waals surface area contributed by atoms with E-state index >= 15 is 0 Å². The number of piperidine rings is 1. The molecule has 0 bridgehead atoms. The number of likely N-dealkylation sites (tertiary alicyclic amines) is 1. The average Bonchev–Trinajstić information content (AvgIpc) is 3.44. The van der Waals surface area contributed by atoms with E-state index in [1.165, 1.54) is 0 Å². The van der Waals surface area contributed by atoms with Crippen molar-refractivity contribution < 1.29 is 43.5 Å². The second kappa shape index (κ2) is 16.3. The minimum atomic E-state index is -1.34. The van der Waals surface area contributed by atoms with Crippen molar-refractivity contribution in [2.45, 2.75) is 122 Å². The number of ketones is 1. The molecule has 0 spiro atoms. The van der Waals surface area contributed by atoms with Crippen molar-refractivity contribution in [3.63, 3.8) is 0 Å². The summed E-state index contributed by atoms with van der Waals surface area (Å²) in [5, 5.41) is 25.7. The van der Waals surface area contributed by atoms with Crippen molar-refractivity contribution in [2.75, 3.05) is 67.6 Å². The molecule has 0 saturated carbocycles. The van der Waals surface area contributed by atoms with Crippen LogP contribution in [0.5, 0.6) is 0 Å². The molecular formula is C35H64N4O9. The highest BCUT2D eigenvalue weighted by Crippen LogP contribution is 2.39. The third-order valence-corrected chi connectivity index (χ3v) is 11.5. The van der Waals surface area contributed by atoms with Gasteiger partial charge in [0.25, 0.3) is 0 Å². The molecule has 4 aliphatic heterocycles. The number of rotatable bonds is 7. The molecule has 1 unspecified atom stereocenters. The third kappa shape index (κ3) is 9.08. The van der Waals surface area contributed by atoms with Crippen LogP contribution in [0.25, 0.3) is 0 Å². The number of likely N-dealkylation sites (N-methyl/N-ethyl adjacent to an activating group) is 2. The smallest absolute Gasteiger partial charge is 0.407 e. The Labute approximate surface area is 287 Å². The van der Waals surface area contributed by atoms with Gasteiger partial charge in [0.15, 0.2) is 12.6 Å². The van der Waals surface area contributed by atoms with Crippen LogP contribution in [0.3, 0.4) is 0 Å². The van der Waals surface area contributed by atoms with Crippen LogP contribution >= 0.6 is 0 Å². The first-order valence-electron chi connectivity index (χ1n) is 17.9. The number of nitrogens with one attached hydrogen (secondary N) is 1. The summed E-state index contributed by atoms with van der Waals surface area (Å²) in [6, 6.07) is -0.134. The van der Waals surface area contributed by atoms with Crippen LogP contribution in [0.2, 0.25) is 0 Å². The van der Waals surface area contributed by atoms with Gasteiger partial charge in [-0.3, -0.25) is 4.79 Å². The Morgan fingerprint density at radius 3 is 2.31 bits per heavy atom. The summed E-state index contributed by atoms with van der Waals surface area (Å²) < 4.78 is 30.4. The van der Waals surface area contributed by atoms with Crippen molar-refractivity contribution >= 4 is 11.9 Å². The topological polar surface area (TPSA) is 143 Å². The van der Waals surface area contributed by atoms with E-state index in [0.29, 0.717) is 32.0 Å². The standard InChI is InChI=1S/C35H64N4O9/c1-21-16-35(6,44-10)30(48-31-28(40)26(37(7)8)15-22(2)47-31)23(3)29(41)34(4,5)32(42)45-20-27(38(9)17-21)24-11-13-39(14-12-24)18-25-19-46-33(43)36-25/h21-28,30-32,40,42H,11-20H2,1-10H3,(H,36,43)/t21-,22-,23+,25-,26+,27?,28-,30-,31+,32-,35-/m1/s1. The normalized spacial score (nSPS) is 41.7. The van der Waals surface area contributed by atoms with Gasteiger partial charge >= 0.3 is 6.09 Å². The first kappa shape index (κ1) is 39.4. The molecule has 11 atom stereocenters. The van der Waals surface area contributed by atoms with Gasteiger partial charge in [-0.1, -0.05) is 13.8 Å². The quantitative estimate of drug-likeness (QED) is 0.361. The van der Waals surface area contributed by atoms with Crippen molar-refractivity contribution in [1.82, 2.24) is 20.0 Å². The summed E-state index contributed by atoms with van der Waals surface area (Å²) in [7, 11) is 7.62. The number of hydrogen-bond donors (Lipinski definition) is 3. The van der Waals surface area contributed by atoms with Gasteiger partial charge in [0.05, 0.1) is 35.9 Å². The Hall–Kier alpha value is -1.42. The first-order chi connectivity index (χ1) is 22.5. The molecule has 4 aliphatic rings. The van der Waals surface area contributed by atoms with E-state index in [2.05, 4.69) is 29.1 Å². The molecule has 4 saturated heterocycles. The number of aliphatic hydroxyl groups is 2. The zero-order chi connectivity index (χ0) is 35.6. The maximum Gasteiger partial charge on any atom is 0.407 e. The molecule has 48 heavy (non-hydrogen) atoms. The number of hydrogen-bond acceptors (Lipinski definition) is 12. The van der Waals surface area contributed by atoms with Crippen LogP contribution in [-0.2, 0) is 28.5 Å². The third-order valence-electron chi connectivity index (χ3n) is 11.5. The lowest BCUT2D eigenvalue weighted by Gasteiger charge is -2.47. The van der Waals surface area contributed by atoms with E-state index in [1.54, 1.807) is 21.0 Å². The fraction of sp³-hybridized carbons (Fsp3) is 0.943. The van der Waals surface area contributed by atoms with Crippen LogP contribution in [0.15, 0.2) is 0 Å². The van der Waals surface area contributed by atoms with Crippen LogP contribution in [0, 0.1) is 23.2 Å². The number of nitrogens with zero attached hydrogens (tertiary/aromatic N) is 3. The lowest BCUT2D eigenvalue weighted by atomic mass is 9.74. The number of amides is 1. The number of methoxy groups -OCH3 is 1. The highest BCUT2D eigenvalue weighted by molar-refractivity contribution is 5.87. The zero-order valence-corrected chi connectivity index (χ0v) is 31.0. The average molecular weight is 685 g/mol. The number of carbonyl (C=O) groups excluding carboxylic acids is 2. The predicted octanol–water partition coefficient (Wildman–Crippen LogP) is 1.93. The fourth-order valence-corrected chi connectivity index (χ4v) is 8.51. The Morgan fingerprint density at radius 2 is 1.73 bits per heavy atom. The zero-order valence-electron chi connectivity index (χ0n) is 31.0. The van der Waals surface area contributed by atoms with Crippen molar-refractivity contribution in [2.24, 2.45) is 23.2 Å². The van der Waals surface area contributed by atoms with Crippen molar-refractivity contribution in [1.29, 1.82) is 0 Å². The minimum absolute atomic E-state index is 0.0112. The van der Waals surface area contributed by atoms with Gasteiger partial charge in [0.2, 0.25) is 0 Å². The van der Waals surface area contributed by atoms with Gasteiger partial charge in [-0.25, -0.2) is 4.79 Å². The molecule has 0 aromatic carbocycles. The van der Waals surface area contributed by atoms with Crippen LogP contribution in [-0.4, -0.2) is 159 Å². The molecule has 4 fully saturated rings. The molecule has 3 N–H and O–H groups in total. The number of aliphatic hydroxyl groups excluding tert-OH is 2. The molecule has 4 rings (SSSR count). The van der Waals surface area contributed by atoms with Crippen LogP contribution in [0.1, 0.15) is 67.2 Å². The molecular weight excluding hydrogens is 620 g/mol. The van der Waals surface area contributed by atoms with E-state index in [4.69, 9.17) is 23.7 Å². The van der Waals surface area contributed by atoms with Gasteiger partial charge in [-0.15, -0.1) is 0 Å². The van der Waals surface area contributed by atoms with E-state index in [-0.39, 0.29) is 42.0 Å². The molecule has 4 heterocycles. The van der Waals surface area contributed by atoms with Gasteiger partial charge < -0.3 is 53.9 Å². The van der Waals surface area contributed by atoms with E-state index in [9.17, 15) is 19.8 Å². The number of Topliss-reactive ketones (excluding diaryl/α,β-unsaturated/α-hetero) is 1. The summed E-state index contributed by atoms with van der Waals surface area (Å²) in [6.07, 6.45) is -1.35. The second-order valence-corrected chi connectivity index (χ2v) is 16.1. The monoisotopic (exact) mass is 684 g/mol. The van der Waals surface area contributed by atoms with Gasteiger partial charge in [0, 0.05) is 38.2 Å². The summed E-state index contributed by atoms with van der Waals surface area (Å²) >= 11 is 0. The van der Waals surface area contributed by atoms with E-state index in [1.807, 2.05) is 39.8 Å². The minimum Gasteiger partial charge on any atom is -0.447 e. The number of cyclic esters (lactones) is 1. The maximum atomic E-state index is 14.3. The molecule has 0 aromatic rings. The summed E-state index contributed by atoms with van der Waals surface area (Å²) in [5.74, 6) is -0.454. The first-order valence-corrected chi connectivity index (χ1v) is 17.9. The maximum absolute atomic E-state index is 14.3. The number of alkyl carbamates (subject to hydrolysis) is 1. The molecule has 13 nitrogen and oxygen atoms in total. The molecule has 278 valence electrons. The van der Waals surface area contributed by atoms with Crippen LogP contribution in [0.4, 0.5) is 4.79 Å². The van der Waals surface area contributed by atoms with Crippen LogP contribution < -0.4 is 5.32 Å². The second-order valence-electron chi connectivity index (χ2n) is 16.1. The fourth-order valence-electron chi connectivity index (χ4n) is 8.51. The lowest BCUT2D eigenvalue weighted by Crippen LogP contribution is -2.59.